The van der Waals surface area contributed by atoms with Gasteiger partial charge in [0.25, 0.3) is 0 Å². The normalized spacial score (nSPS) is 15.1. The lowest BCUT2D eigenvalue weighted by Gasteiger charge is -2.26. The molecule has 1 aromatic carbocycles. The van der Waals surface area contributed by atoms with Crippen LogP contribution in [0.5, 0.6) is 0 Å². The standard InChI is InChI=1S/C21H30N4O2.HI/c1-18-4-2-5-19(16-18)17-24-21(22-8-7-20-6-3-13-27-20)23-9-10-25-11-14-26-15-12-25;/h2-6,13,16H,7-12,14-15,17H2,1H3,(H2,22,23,24);1H. The number of nitrogens with one attached hydrogen (secondary N) is 2. The van der Waals surface area contributed by atoms with Crippen molar-refractivity contribution in [2.75, 3.05) is 45.9 Å². The highest BCUT2D eigenvalue weighted by Gasteiger charge is 2.09. The lowest BCUT2D eigenvalue weighted by Crippen LogP contribution is -2.44. The average Bonchev–Trinajstić information content (AvgIpc) is 3.20. The van der Waals surface area contributed by atoms with E-state index < -0.39 is 0 Å². The Bertz CT molecular complexity index is 700. The van der Waals surface area contributed by atoms with Crippen LogP contribution in [0.3, 0.4) is 0 Å². The monoisotopic (exact) mass is 498 g/mol. The van der Waals surface area contributed by atoms with E-state index >= 15 is 0 Å². The second-order valence-electron chi connectivity index (χ2n) is 6.79. The lowest BCUT2D eigenvalue weighted by molar-refractivity contribution is 0.0389. The number of furan rings is 1. The van der Waals surface area contributed by atoms with Crippen LogP contribution in [0, 0.1) is 6.92 Å². The molecule has 1 saturated heterocycles. The topological polar surface area (TPSA) is 62.0 Å². The van der Waals surface area contributed by atoms with Crippen molar-refractivity contribution in [1.29, 1.82) is 0 Å². The van der Waals surface area contributed by atoms with E-state index in [1.165, 1.54) is 11.1 Å². The van der Waals surface area contributed by atoms with Gasteiger partial charge in [0.05, 0.1) is 26.0 Å². The molecule has 6 nitrogen and oxygen atoms in total. The first-order valence-electron chi connectivity index (χ1n) is 9.70. The zero-order valence-corrected chi connectivity index (χ0v) is 18.9. The molecule has 1 aliphatic rings. The summed E-state index contributed by atoms with van der Waals surface area (Å²) in [6, 6.07) is 12.4. The number of aryl methyl sites for hydroxylation is 1. The lowest BCUT2D eigenvalue weighted by atomic mass is 10.1. The van der Waals surface area contributed by atoms with Gasteiger partial charge < -0.3 is 19.8 Å². The van der Waals surface area contributed by atoms with Gasteiger partial charge in [0.2, 0.25) is 0 Å². The highest BCUT2D eigenvalue weighted by Crippen LogP contribution is 2.05. The van der Waals surface area contributed by atoms with Gasteiger partial charge >= 0.3 is 0 Å². The maximum atomic E-state index is 5.41. The molecule has 0 amide bonds. The Labute approximate surface area is 184 Å². The van der Waals surface area contributed by atoms with Crippen molar-refractivity contribution >= 4 is 29.9 Å². The Morgan fingerprint density at radius 1 is 1.11 bits per heavy atom. The Kier molecular flexibility index (Phi) is 10.4. The fourth-order valence-electron chi connectivity index (χ4n) is 3.07. The number of hydrogen-bond donors (Lipinski definition) is 2. The Hall–Kier alpha value is -1.58. The third-order valence-electron chi connectivity index (χ3n) is 4.57. The van der Waals surface area contributed by atoms with Crippen LogP contribution in [0.1, 0.15) is 16.9 Å². The number of hydrogen-bond acceptors (Lipinski definition) is 4. The van der Waals surface area contributed by atoms with E-state index in [0.29, 0.717) is 6.54 Å². The second-order valence-corrected chi connectivity index (χ2v) is 6.79. The zero-order chi connectivity index (χ0) is 18.7. The molecule has 0 spiro atoms. The summed E-state index contributed by atoms with van der Waals surface area (Å²) in [5.41, 5.74) is 2.48. The first-order valence-corrected chi connectivity index (χ1v) is 9.70. The van der Waals surface area contributed by atoms with Gasteiger partial charge in [0.1, 0.15) is 5.76 Å². The average molecular weight is 498 g/mol. The molecule has 0 atom stereocenters. The third kappa shape index (κ3) is 8.20. The molecular weight excluding hydrogens is 467 g/mol. The number of rotatable bonds is 8. The van der Waals surface area contributed by atoms with Gasteiger partial charge in [-0.2, -0.15) is 0 Å². The van der Waals surface area contributed by atoms with Gasteiger partial charge in [-0.15, -0.1) is 24.0 Å². The van der Waals surface area contributed by atoms with Gasteiger partial charge in [-0.25, -0.2) is 4.99 Å². The molecule has 7 heteroatoms. The number of aliphatic imine (C=N–C) groups is 1. The smallest absolute Gasteiger partial charge is 0.191 e. The van der Waals surface area contributed by atoms with Crippen molar-refractivity contribution in [3.05, 3.63) is 59.5 Å². The van der Waals surface area contributed by atoms with Crippen molar-refractivity contribution in [3.63, 3.8) is 0 Å². The molecule has 3 rings (SSSR count). The predicted octanol–water partition coefficient (Wildman–Crippen LogP) is 2.82. The van der Waals surface area contributed by atoms with Crippen molar-refractivity contribution in [2.24, 2.45) is 4.99 Å². The molecule has 2 heterocycles. The Balaban J connectivity index is 0.00000280. The van der Waals surface area contributed by atoms with E-state index in [1.54, 1.807) is 6.26 Å². The molecule has 0 bridgehead atoms. The number of nitrogens with zero attached hydrogens (tertiary/aromatic N) is 2. The maximum absolute atomic E-state index is 5.41. The summed E-state index contributed by atoms with van der Waals surface area (Å²) in [5.74, 6) is 1.82. The number of halogens is 1. The van der Waals surface area contributed by atoms with Crippen LogP contribution in [-0.2, 0) is 17.7 Å². The van der Waals surface area contributed by atoms with Crippen molar-refractivity contribution < 1.29 is 9.15 Å². The molecular formula is C21H31IN4O2. The molecule has 154 valence electrons. The van der Waals surface area contributed by atoms with Crippen molar-refractivity contribution in [3.8, 4) is 0 Å². The minimum atomic E-state index is 0. The first-order chi connectivity index (χ1) is 13.3. The minimum Gasteiger partial charge on any atom is -0.469 e. The molecule has 0 unspecified atom stereocenters. The predicted molar refractivity (Wildman–Crippen MR) is 123 cm³/mol. The molecule has 1 aromatic heterocycles. The summed E-state index contributed by atoms with van der Waals surface area (Å²) in [6.07, 6.45) is 2.55. The van der Waals surface area contributed by atoms with Gasteiger partial charge in [0, 0.05) is 39.1 Å². The fraction of sp³-hybridized carbons (Fsp3) is 0.476. The van der Waals surface area contributed by atoms with Crippen LogP contribution in [0.4, 0.5) is 0 Å². The molecule has 0 radical (unpaired) electrons. The summed E-state index contributed by atoms with van der Waals surface area (Å²) in [4.78, 5) is 7.17. The maximum Gasteiger partial charge on any atom is 0.191 e. The molecule has 2 aromatic rings. The SMILES string of the molecule is Cc1cccc(CN=C(NCCc2ccco2)NCCN2CCOCC2)c1.I. The van der Waals surface area contributed by atoms with Gasteiger partial charge in [-0.3, -0.25) is 4.90 Å². The molecule has 0 saturated carbocycles. The Morgan fingerprint density at radius 2 is 1.93 bits per heavy atom. The van der Waals surface area contributed by atoms with Gasteiger partial charge in [-0.05, 0) is 24.6 Å². The van der Waals surface area contributed by atoms with E-state index in [9.17, 15) is 0 Å². The Morgan fingerprint density at radius 3 is 2.68 bits per heavy atom. The van der Waals surface area contributed by atoms with Crippen LogP contribution in [-0.4, -0.2) is 56.8 Å². The number of guanidine groups is 1. The quantitative estimate of drug-likeness (QED) is 0.333. The summed E-state index contributed by atoms with van der Waals surface area (Å²) in [5, 5.41) is 6.87. The molecule has 0 aliphatic carbocycles. The van der Waals surface area contributed by atoms with Crippen LogP contribution in [0.15, 0.2) is 52.1 Å². The number of benzene rings is 1. The van der Waals surface area contributed by atoms with Gasteiger partial charge in [0.15, 0.2) is 5.96 Å². The van der Waals surface area contributed by atoms with Crippen LogP contribution >= 0.6 is 24.0 Å². The largest absolute Gasteiger partial charge is 0.469 e. The van der Waals surface area contributed by atoms with Crippen LogP contribution in [0.25, 0.3) is 0 Å². The van der Waals surface area contributed by atoms with Crippen molar-refractivity contribution in [1.82, 2.24) is 15.5 Å². The van der Waals surface area contributed by atoms with Gasteiger partial charge in [-0.1, -0.05) is 29.8 Å². The highest BCUT2D eigenvalue weighted by molar-refractivity contribution is 14.0. The second kappa shape index (κ2) is 12.8. The van der Waals surface area contributed by atoms with E-state index in [-0.39, 0.29) is 24.0 Å². The van der Waals surface area contributed by atoms with Crippen LogP contribution < -0.4 is 10.6 Å². The summed E-state index contributed by atoms with van der Waals surface area (Å²) in [7, 11) is 0. The van der Waals surface area contributed by atoms with E-state index in [4.69, 9.17) is 14.1 Å². The zero-order valence-electron chi connectivity index (χ0n) is 16.5. The number of ether oxygens (including phenoxy) is 1. The summed E-state index contributed by atoms with van der Waals surface area (Å²) in [6.45, 7) is 9.07. The summed E-state index contributed by atoms with van der Waals surface area (Å²) < 4.78 is 10.8. The van der Waals surface area contributed by atoms with E-state index in [1.807, 2.05) is 12.1 Å². The fourth-order valence-corrected chi connectivity index (χ4v) is 3.07. The molecule has 1 aliphatic heterocycles. The highest BCUT2D eigenvalue weighted by atomic mass is 127. The third-order valence-corrected chi connectivity index (χ3v) is 4.57. The van der Waals surface area contributed by atoms with Crippen LogP contribution in [0.2, 0.25) is 0 Å². The van der Waals surface area contributed by atoms with Crippen molar-refractivity contribution in [2.45, 2.75) is 19.9 Å². The van der Waals surface area contributed by atoms with E-state index in [0.717, 1.165) is 64.1 Å². The summed E-state index contributed by atoms with van der Waals surface area (Å²) >= 11 is 0. The molecule has 2 N–H and O–H groups in total. The minimum absolute atomic E-state index is 0. The number of morpholine rings is 1. The van der Waals surface area contributed by atoms with E-state index in [2.05, 4.69) is 46.7 Å². The molecule has 28 heavy (non-hydrogen) atoms. The first kappa shape index (κ1) is 22.7. The molecule has 1 fully saturated rings.